The Bertz CT molecular complexity index is 533. The van der Waals surface area contributed by atoms with Crippen molar-refractivity contribution in [2.24, 2.45) is 0 Å². The number of H-pyrrole nitrogens is 1. The van der Waals surface area contributed by atoms with Crippen LogP contribution in [0.4, 0.5) is 0 Å². The molecule has 1 aliphatic rings. The van der Waals surface area contributed by atoms with Gasteiger partial charge in [-0.3, -0.25) is 5.10 Å². The van der Waals surface area contributed by atoms with Gasteiger partial charge in [-0.25, -0.2) is 13.2 Å². The van der Waals surface area contributed by atoms with Gasteiger partial charge in [-0.2, -0.15) is 9.40 Å². The summed E-state index contributed by atoms with van der Waals surface area (Å²) in [5, 5.41) is 15.2. The Morgan fingerprint density at radius 2 is 2.25 bits per heavy atom. The minimum atomic E-state index is -3.29. The molecule has 0 radical (unpaired) electrons. The summed E-state index contributed by atoms with van der Waals surface area (Å²) in [6.07, 6.45) is 1.57. The highest BCUT2D eigenvalue weighted by molar-refractivity contribution is 7.88. The number of nitrogens with one attached hydrogen (secondary N) is 1. The lowest BCUT2D eigenvalue weighted by molar-refractivity contribution is 0.0688. The largest absolute Gasteiger partial charge is 0.476 e. The standard InChI is InChI=1S/C8H11N3O4S/c1-16(14,15)11-3-2-6-5(4-11)7(8(12)13)10-9-6/h2-4H2,1H3,(H,9,10)(H,12,13). The topological polar surface area (TPSA) is 103 Å². The quantitative estimate of drug-likeness (QED) is 0.726. The van der Waals surface area contributed by atoms with Crippen LogP contribution in [0.1, 0.15) is 21.7 Å². The zero-order valence-corrected chi connectivity index (χ0v) is 9.41. The SMILES string of the molecule is CS(=O)(=O)N1CCc2[nH]nc(C(=O)O)c2C1. The number of fused-ring (bicyclic) bond motifs is 1. The lowest BCUT2D eigenvalue weighted by Crippen LogP contribution is -2.35. The second-order valence-electron chi connectivity index (χ2n) is 3.68. The van der Waals surface area contributed by atoms with Gasteiger partial charge >= 0.3 is 5.97 Å². The fourth-order valence-corrected chi connectivity index (χ4v) is 2.52. The van der Waals surface area contributed by atoms with E-state index < -0.39 is 16.0 Å². The van der Waals surface area contributed by atoms with Gasteiger partial charge in [-0.1, -0.05) is 0 Å². The van der Waals surface area contributed by atoms with E-state index in [1.54, 1.807) is 0 Å². The number of hydrogen-bond donors (Lipinski definition) is 2. The molecule has 8 heteroatoms. The molecule has 16 heavy (non-hydrogen) atoms. The summed E-state index contributed by atoms with van der Waals surface area (Å²) in [5.74, 6) is -1.15. The molecule has 0 unspecified atom stereocenters. The first-order valence-corrected chi connectivity index (χ1v) is 6.49. The van der Waals surface area contributed by atoms with Crippen LogP contribution in [0.3, 0.4) is 0 Å². The number of carboxylic acid groups (broad SMARTS) is 1. The predicted molar refractivity (Wildman–Crippen MR) is 54.5 cm³/mol. The van der Waals surface area contributed by atoms with Crippen LogP contribution in [0.25, 0.3) is 0 Å². The zero-order valence-electron chi connectivity index (χ0n) is 8.60. The van der Waals surface area contributed by atoms with Crippen LogP contribution in [0, 0.1) is 0 Å². The summed E-state index contributed by atoms with van der Waals surface area (Å²) in [6, 6.07) is 0. The third-order valence-electron chi connectivity index (χ3n) is 2.57. The molecule has 88 valence electrons. The van der Waals surface area contributed by atoms with Crippen LogP contribution in [0.2, 0.25) is 0 Å². The van der Waals surface area contributed by atoms with Crippen molar-refractivity contribution >= 4 is 16.0 Å². The van der Waals surface area contributed by atoms with Crippen molar-refractivity contribution in [3.8, 4) is 0 Å². The monoisotopic (exact) mass is 245 g/mol. The van der Waals surface area contributed by atoms with Crippen LogP contribution < -0.4 is 0 Å². The number of hydrogen-bond acceptors (Lipinski definition) is 4. The summed E-state index contributed by atoms with van der Waals surface area (Å²) < 4.78 is 23.9. The van der Waals surface area contributed by atoms with Crippen LogP contribution in [0.5, 0.6) is 0 Å². The van der Waals surface area contributed by atoms with E-state index in [1.165, 1.54) is 4.31 Å². The average molecular weight is 245 g/mol. The van der Waals surface area contributed by atoms with Crippen molar-refractivity contribution in [1.82, 2.24) is 14.5 Å². The molecule has 0 saturated heterocycles. The summed E-state index contributed by atoms with van der Waals surface area (Å²) in [6.45, 7) is 0.430. The first-order chi connectivity index (χ1) is 7.39. The number of carboxylic acids is 1. The van der Waals surface area contributed by atoms with E-state index in [0.29, 0.717) is 24.2 Å². The Labute approximate surface area is 92.1 Å². The molecule has 0 saturated carbocycles. The van der Waals surface area contributed by atoms with Gasteiger partial charge in [0.2, 0.25) is 10.0 Å². The van der Waals surface area contributed by atoms with Gasteiger partial charge in [0.05, 0.1) is 6.26 Å². The second-order valence-corrected chi connectivity index (χ2v) is 5.66. The average Bonchev–Trinajstić information content (AvgIpc) is 2.58. The zero-order chi connectivity index (χ0) is 11.9. The molecular formula is C8H11N3O4S. The van der Waals surface area contributed by atoms with Gasteiger partial charge in [-0.05, 0) is 0 Å². The highest BCUT2D eigenvalue weighted by Gasteiger charge is 2.28. The molecule has 0 aromatic carbocycles. The minimum Gasteiger partial charge on any atom is -0.476 e. The van der Waals surface area contributed by atoms with E-state index in [4.69, 9.17) is 5.11 Å². The molecule has 1 aromatic heterocycles. The molecule has 1 aliphatic heterocycles. The number of sulfonamides is 1. The highest BCUT2D eigenvalue weighted by Crippen LogP contribution is 2.21. The van der Waals surface area contributed by atoms with E-state index >= 15 is 0 Å². The third kappa shape index (κ3) is 1.81. The molecule has 7 nitrogen and oxygen atoms in total. The molecule has 0 spiro atoms. The number of nitrogens with zero attached hydrogens (tertiary/aromatic N) is 2. The van der Waals surface area contributed by atoms with Gasteiger partial charge in [-0.15, -0.1) is 0 Å². The number of aromatic nitrogens is 2. The molecule has 0 fully saturated rings. The van der Waals surface area contributed by atoms with E-state index in [9.17, 15) is 13.2 Å². The number of aromatic amines is 1. The van der Waals surface area contributed by atoms with Crippen LogP contribution in [-0.2, 0) is 23.0 Å². The van der Waals surface area contributed by atoms with Crippen LogP contribution in [0.15, 0.2) is 0 Å². The van der Waals surface area contributed by atoms with Crippen molar-refractivity contribution in [2.45, 2.75) is 13.0 Å². The maximum absolute atomic E-state index is 11.3. The van der Waals surface area contributed by atoms with Crippen molar-refractivity contribution in [1.29, 1.82) is 0 Å². The minimum absolute atomic E-state index is 0.0757. The first-order valence-electron chi connectivity index (χ1n) is 4.64. The van der Waals surface area contributed by atoms with Gasteiger partial charge in [0.25, 0.3) is 0 Å². The normalized spacial score (nSPS) is 17.1. The van der Waals surface area contributed by atoms with Gasteiger partial charge in [0.15, 0.2) is 5.69 Å². The Morgan fingerprint density at radius 1 is 1.56 bits per heavy atom. The van der Waals surface area contributed by atoms with E-state index in [0.717, 1.165) is 6.26 Å². The Balaban J connectivity index is 2.38. The molecule has 1 aromatic rings. The van der Waals surface area contributed by atoms with Gasteiger partial charge in [0.1, 0.15) is 0 Å². The first kappa shape index (κ1) is 11.1. The van der Waals surface area contributed by atoms with E-state index in [1.807, 2.05) is 0 Å². The summed E-state index contributed by atoms with van der Waals surface area (Å²) in [5.41, 5.74) is 1.07. The van der Waals surface area contributed by atoms with E-state index in [-0.39, 0.29) is 12.2 Å². The smallest absolute Gasteiger partial charge is 0.356 e. The number of rotatable bonds is 2. The molecule has 2 heterocycles. The number of carbonyl (C=O) groups is 1. The molecule has 0 amide bonds. The van der Waals surface area contributed by atoms with Crippen LogP contribution >= 0.6 is 0 Å². The lowest BCUT2D eigenvalue weighted by atomic mass is 10.1. The maximum Gasteiger partial charge on any atom is 0.356 e. The molecule has 0 bridgehead atoms. The molecule has 2 N–H and O–H groups in total. The fourth-order valence-electron chi connectivity index (χ4n) is 1.73. The van der Waals surface area contributed by atoms with Crippen LogP contribution in [-0.4, -0.2) is 46.8 Å². The maximum atomic E-state index is 11.3. The van der Waals surface area contributed by atoms with Crippen molar-refractivity contribution < 1.29 is 18.3 Å². The van der Waals surface area contributed by atoms with Crippen molar-refractivity contribution in [2.75, 3.05) is 12.8 Å². The molecule has 0 atom stereocenters. The molecular weight excluding hydrogens is 234 g/mol. The predicted octanol–water partition coefficient (Wildman–Crippen LogP) is -0.574. The van der Waals surface area contributed by atoms with Gasteiger partial charge in [0, 0.05) is 30.8 Å². The molecule has 2 rings (SSSR count). The Morgan fingerprint density at radius 3 is 2.81 bits per heavy atom. The Kier molecular flexibility index (Phi) is 2.47. The van der Waals surface area contributed by atoms with E-state index in [2.05, 4.69) is 10.2 Å². The Hall–Kier alpha value is -1.41. The summed E-state index contributed by atoms with van der Waals surface area (Å²) >= 11 is 0. The summed E-state index contributed by atoms with van der Waals surface area (Å²) in [7, 11) is -3.29. The second kappa shape index (κ2) is 3.56. The number of aromatic carboxylic acids is 1. The third-order valence-corrected chi connectivity index (χ3v) is 3.82. The van der Waals surface area contributed by atoms with Crippen molar-refractivity contribution in [3.05, 3.63) is 17.0 Å². The van der Waals surface area contributed by atoms with Gasteiger partial charge < -0.3 is 5.11 Å². The lowest BCUT2D eigenvalue weighted by Gasteiger charge is -2.24. The molecule has 0 aliphatic carbocycles. The fraction of sp³-hybridized carbons (Fsp3) is 0.500. The highest BCUT2D eigenvalue weighted by atomic mass is 32.2. The van der Waals surface area contributed by atoms with Crippen molar-refractivity contribution in [3.63, 3.8) is 0 Å². The summed E-state index contributed by atoms with van der Waals surface area (Å²) in [4.78, 5) is 10.8.